The van der Waals surface area contributed by atoms with Gasteiger partial charge in [-0.3, -0.25) is 13.9 Å². The third-order valence-corrected chi connectivity index (χ3v) is 6.20. The molecule has 0 atom stereocenters. The van der Waals surface area contributed by atoms with Crippen molar-refractivity contribution in [1.82, 2.24) is 24.1 Å². The molecule has 3 aromatic heterocycles. The number of likely N-dealkylation sites (tertiary alicyclic amines) is 1. The van der Waals surface area contributed by atoms with Crippen molar-refractivity contribution < 1.29 is 0 Å². The number of rotatable bonds is 2. The summed E-state index contributed by atoms with van der Waals surface area (Å²) in [4.78, 5) is 20.2. The Morgan fingerprint density at radius 2 is 1.86 bits per heavy atom. The Balaban J connectivity index is 1.59. The molecule has 1 saturated heterocycles. The highest BCUT2D eigenvalue weighted by atomic mass is 16.1. The average Bonchev–Trinajstić information content (AvgIpc) is 3.09. The van der Waals surface area contributed by atoms with Crippen molar-refractivity contribution in [3.05, 3.63) is 64.2 Å². The molecule has 4 aromatic rings. The van der Waals surface area contributed by atoms with Crippen LogP contribution in [-0.2, 0) is 7.05 Å². The SMILES string of the molecule is Cc1cc(C2CCN(C)CC2)cn2c(=O)cc(-c3ccc4c(cnn4C)c3)nc12. The largest absolute Gasteiger partial charge is 0.306 e. The van der Waals surface area contributed by atoms with Crippen LogP contribution in [0, 0.1) is 6.92 Å². The molecule has 0 N–H and O–H groups in total. The first kappa shape index (κ1) is 18.1. The third kappa shape index (κ3) is 3.13. The van der Waals surface area contributed by atoms with Crippen molar-refractivity contribution in [2.24, 2.45) is 7.05 Å². The van der Waals surface area contributed by atoms with E-state index in [2.05, 4.69) is 23.1 Å². The van der Waals surface area contributed by atoms with Crippen LogP contribution in [-0.4, -0.2) is 44.2 Å². The second kappa shape index (κ2) is 6.81. The van der Waals surface area contributed by atoms with E-state index in [0.717, 1.165) is 53.6 Å². The summed E-state index contributed by atoms with van der Waals surface area (Å²) < 4.78 is 3.56. The molecule has 29 heavy (non-hydrogen) atoms. The van der Waals surface area contributed by atoms with Crippen molar-refractivity contribution in [1.29, 1.82) is 0 Å². The van der Waals surface area contributed by atoms with Gasteiger partial charge >= 0.3 is 0 Å². The minimum atomic E-state index is -0.0332. The number of fused-ring (bicyclic) bond motifs is 2. The lowest BCUT2D eigenvalue weighted by atomic mass is 9.90. The van der Waals surface area contributed by atoms with Gasteiger partial charge < -0.3 is 4.90 Å². The molecule has 0 spiro atoms. The van der Waals surface area contributed by atoms with Gasteiger partial charge in [0.25, 0.3) is 5.56 Å². The molecular formula is C23H25N5O. The Hall–Kier alpha value is -2.99. The molecule has 5 rings (SSSR count). The maximum Gasteiger partial charge on any atom is 0.258 e. The van der Waals surface area contributed by atoms with E-state index in [0.29, 0.717) is 11.6 Å². The zero-order chi connectivity index (χ0) is 20.1. The van der Waals surface area contributed by atoms with Gasteiger partial charge in [-0.25, -0.2) is 4.98 Å². The molecule has 0 bridgehead atoms. The summed E-state index contributed by atoms with van der Waals surface area (Å²) in [5.74, 6) is 0.508. The molecule has 6 heteroatoms. The van der Waals surface area contributed by atoms with Crippen LogP contribution < -0.4 is 5.56 Å². The maximum absolute atomic E-state index is 13.0. The lowest BCUT2D eigenvalue weighted by molar-refractivity contribution is 0.255. The molecule has 6 nitrogen and oxygen atoms in total. The number of aryl methyl sites for hydroxylation is 2. The Morgan fingerprint density at radius 3 is 2.66 bits per heavy atom. The molecule has 1 aliphatic rings. The predicted molar refractivity (Wildman–Crippen MR) is 115 cm³/mol. The molecular weight excluding hydrogens is 362 g/mol. The summed E-state index contributed by atoms with van der Waals surface area (Å²) in [5, 5.41) is 5.34. The summed E-state index contributed by atoms with van der Waals surface area (Å²) in [5.41, 5.74) is 5.69. The van der Waals surface area contributed by atoms with Gasteiger partial charge in [0.05, 0.1) is 17.4 Å². The Kier molecular flexibility index (Phi) is 4.24. The van der Waals surface area contributed by atoms with Gasteiger partial charge in [-0.1, -0.05) is 12.1 Å². The van der Waals surface area contributed by atoms with Crippen molar-refractivity contribution in [2.75, 3.05) is 20.1 Å². The van der Waals surface area contributed by atoms with E-state index in [-0.39, 0.29) is 5.56 Å². The Labute approximate surface area is 169 Å². The van der Waals surface area contributed by atoms with Crippen LogP contribution in [0.1, 0.15) is 29.9 Å². The summed E-state index contributed by atoms with van der Waals surface area (Å²) in [6.07, 6.45) is 6.10. The second-order valence-corrected chi connectivity index (χ2v) is 8.25. The number of pyridine rings is 1. The molecule has 0 unspecified atom stereocenters. The summed E-state index contributed by atoms with van der Waals surface area (Å²) >= 11 is 0. The van der Waals surface area contributed by atoms with E-state index in [1.807, 2.05) is 49.2 Å². The Bertz CT molecular complexity index is 1280. The molecule has 1 fully saturated rings. The molecule has 0 radical (unpaired) electrons. The normalized spacial score (nSPS) is 16.1. The smallest absolute Gasteiger partial charge is 0.258 e. The third-order valence-electron chi connectivity index (χ3n) is 6.20. The number of hydrogen-bond acceptors (Lipinski definition) is 4. The zero-order valence-electron chi connectivity index (χ0n) is 17.1. The molecule has 148 valence electrons. The van der Waals surface area contributed by atoms with Gasteiger partial charge in [-0.15, -0.1) is 0 Å². The van der Waals surface area contributed by atoms with Crippen LogP contribution in [0.25, 0.3) is 27.8 Å². The van der Waals surface area contributed by atoms with Gasteiger partial charge in [0.15, 0.2) is 0 Å². The van der Waals surface area contributed by atoms with Crippen molar-refractivity contribution in [3.8, 4) is 11.3 Å². The second-order valence-electron chi connectivity index (χ2n) is 8.25. The number of benzene rings is 1. The van der Waals surface area contributed by atoms with Crippen molar-refractivity contribution >= 4 is 16.6 Å². The van der Waals surface area contributed by atoms with E-state index >= 15 is 0 Å². The highest BCUT2D eigenvalue weighted by molar-refractivity contribution is 5.84. The summed E-state index contributed by atoms with van der Waals surface area (Å²) in [7, 11) is 4.09. The van der Waals surface area contributed by atoms with Gasteiger partial charge in [-0.05, 0) is 69.1 Å². The molecule has 1 aliphatic heterocycles. The van der Waals surface area contributed by atoms with E-state index in [9.17, 15) is 4.79 Å². The quantitative estimate of drug-likeness (QED) is 0.529. The predicted octanol–water partition coefficient (Wildman–Crippen LogP) is 3.37. The van der Waals surface area contributed by atoms with Crippen LogP contribution >= 0.6 is 0 Å². The van der Waals surface area contributed by atoms with Crippen LogP contribution in [0.3, 0.4) is 0 Å². The van der Waals surface area contributed by atoms with E-state index in [1.165, 1.54) is 5.56 Å². The number of nitrogens with zero attached hydrogens (tertiary/aromatic N) is 5. The van der Waals surface area contributed by atoms with Gasteiger partial charge in [-0.2, -0.15) is 5.10 Å². The average molecular weight is 387 g/mol. The minimum absolute atomic E-state index is 0.0332. The Morgan fingerprint density at radius 1 is 1.07 bits per heavy atom. The van der Waals surface area contributed by atoms with Crippen LogP contribution in [0.15, 0.2) is 47.5 Å². The van der Waals surface area contributed by atoms with Gasteiger partial charge in [0.1, 0.15) is 5.65 Å². The van der Waals surface area contributed by atoms with Crippen LogP contribution in [0.5, 0.6) is 0 Å². The summed E-state index contributed by atoms with van der Waals surface area (Å²) in [6, 6.07) is 9.93. The number of hydrogen-bond donors (Lipinski definition) is 0. The highest BCUT2D eigenvalue weighted by Gasteiger charge is 2.20. The first-order valence-electron chi connectivity index (χ1n) is 10.1. The van der Waals surface area contributed by atoms with E-state index in [4.69, 9.17) is 4.98 Å². The zero-order valence-corrected chi connectivity index (χ0v) is 17.1. The van der Waals surface area contributed by atoms with Gasteiger partial charge in [0.2, 0.25) is 0 Å². The van der Waals surface area contributed by atoms with Gasteiger partial charge in [0, 0.05) is 30.3 Å². The fraction of sp³-hybridized carbons (Fsp3) is 0.348. The standard InChI is InChI=1S/C23H25N5O/c1-15-10-19(16-6-8-26(2)9-7-16)14-28-22(29)12-20(25-23(15)28)17-4-5-21-18(11-17)13-24-27(21)3/h4-5,10-14,16H,6-9H2,1-3H3. The summed E-state index contributed by atoms with van der Waals surface area (Å²) in [6.45, 7) is 4.25. The molecule has 4 heterocycles. The van der Waals surface area contributed by atoms with Crippen molar-refractivity contribution in [3.63, 3.8) is 0 Å². The lowest BCUT2D eigenvalue weighted by Gasteiger charge is -2.29. The maximum atomic E-state index is 13.0. The highest BCUT2D eigenvalue weighted by Crippen LogP contribution is 2.29. The molecule has 0 aliphatic carbocycles. The molecule has 1 aromatic carbocycles. The molecule has 0 amide bonds. The van der Waals surface area contributed by atoms with Crippen molar-refractivity contribution in [2.45, 2.75) is 25.7 Å². The number of piperidine rings is 1. The fourth-order valence-electron chi connectivity index (χ4n) is 4.43. The van der Waals surface area contributed by atoms with E-state index in [1.54, 1.807) is 10.5 Å². The minimum Gasteiger partial charge on any atom is -0.306 e. The first-order chi connectivity index (χ1) is 14.0. The van der Waals surface area contributed by atoms with E-state index < -0.39 is 0 Å². The van der Waals surface area contributed by atoms with Crippen LogP contribution in [0.4, 0.5) is 0 Å². The topological polar surface area (TPSA) is 55.4 Å². The molecule has 0 saturated carbocycles. The first-order valence-corrected chi connectivity index (χ1v) is 10.1. The number of aromatic nitrogens is 4. The van der Waals surface area contributed by atoms with Crippen LogP contribution in [0.2, 0.25) is 0 Å². The lowest BCUT2D eigenvalue weighted by Crippen LogP contribution is -2.29. The fourth-order valence-corrected chi connectivity index (χ4v) is 4.43. The monoisotopic (exact) mass is 387 g/mol.